The third-order valence-corrected chi connectivity index (χ3v) is 18.5. The molecule has 554 valence electrons. The Morgan fingerprint density at radius 3 is 0.879 bits per heavy atom. The van der Waals surface area contributed by atoms with Crippen LogP contribution in [0.1, 0.15) is 76.4 Å². The van der Waals surface area contributed by atoms with E-state index in [0.29, 0.717) is 0 Å². The normalized spacial score (nSPS) is 12.2. The van der Waals surface area contributed by atoms with E-state index in [4.69, 9.17) is 33.8 Å². The van der Waals surface area contributed by atoms with Crippen LogP contribution >= 0.6 is 0 Å². The van der Waals surface area contributed by atoms with E-state index >= 15 is 0 Å². The molecule has 0 aliphatic heterocycles. The molecule has 3 aliphatic carbocycles. The van der Waals surface area contributed by atoms with Gasteiger partial charge in [0.05, 0.1) is 0 Å². The quantitative estimate of drug-likeness (QED) is 0.0794. The summed E-state index contributed by atoms with van der Waals surface area (Å²) in [4.78, 5) is 8.50. The molecule has 0 radical (unpaired) electrons. The molecule has 12 rings (SSSR count). The van der Waals surface area contributed by atoms with Crippen LogP contribution in [0.4, 0.5) is 45.5 Å². The highest BCUT2D eigenvalue weighted by molar-refractivity contribution is 6.08. The van der Waals surface area contributed by atoms with Gasteiger partial charge >= 0.3 is 0 Å². The molecule has 0 spiro atoms. The fourth-order valence-electron chi connectivity index (χ4n) is 12.1. The third kappa shape index (κ3) is 22.5. The predicted octanol–water partition coefficient (Wildman–Crippen LogP) is 1.70. The topological polar surface area (TPSA) is 171 Å². The van der Waals surface area contributed by atoms with Crippen LogP contribution in [-0.4, -0.2) is 92.2 Å². The molecule has 0 atom stereocenters. The van der Waals surface area contributed by atoms with Crippen LogP contribution in [0.25, 0.3) is 28.4 Å². The van der Waals surface area contributed by atoms with Gasteiger partial charge in [0.2, 0.25) is 0 Å². The molecule has 0 heterocycles. The second kappa shape index (κ2) is 39.9. The number of halogens is 4. The molecule has 9 aromatic rings. The minimum absolute atomic E-state index is 0. The van der Waals surface area contributed by atoms with E-state index in [2.05, 4.69) is 296 Å². The number of allylic oxidation sites excluding steroid dienone is 15. The van der Waals surface area contributed by atoms with E-state index in [1.807, 2.05) is 107 Å². The zero-order valence-corrected chi connectivity index (χ0v) is 67.2. The Hall–Kier alpha value is -11.1. The minimum Gasteiger partial charge on any atom is -1.00 e. The fraction of sp³-hybridized carbons (Fsp3) is 0.163. The fourth-order valence-corrected chi connectivity index (χ4v) is 12.1. The Bertz CT molecular complexity index is 4810. The number of aryl methyl sites for hydroxylation is 2. The lowest BCUT2D eigenvalue weighted by molar-refractivity contribution is -0.462. The van der Waals surface area contributed by atoms with Crippen molar-refractivity contribution in [2.24, 2.45) is 0 Å². The molecular weight excluding hydrogens is 1400 g/mol. The lowest BCUT2D eigenvalue weighted by Gasteiger charge is -2.18. The number of hydrogen-bond acceptors (Lipinski definition) is 8. The summed E-state index contributed by atoms with van der Waals surface area (Å²) in [6.07, 6.45) is 23.2. The van der Waals surface area contributed by atoms with E-state index in [0.717, 1.165) is 101 Å². The average Bonchev–Trinajstić information content (AvgIpc) is 0.816. The first-order valence-electron chi connectivity index (χ1n) is 34.7. The first-order valence-corrected chi connectivity index (χ1v) is 34.7. The lowest BCUT2D eigenvalue weighted by atomic mass is 9.88. The van der Waals surface area contributed by atoms with Crippen LogP contribution in [0.5, 0.6) is 0 Å². The maximum Gasteiger partial charge on any atom is 0.199 e. The molecule has 3 aliphatic rings. The van der Waals surface area contributed by atoms with Crippen LogP contribution in [0.2, 0.25) is 0 Å². The molecule has 0 saturated carbocycles. The van der Waals surface area contributed by atoms with Gasteiger partial charge < -0.3 is 92.2 Å². The zero-order chi connectivity index (χ0) is 74.2. The number of nitrogens with two attached hydrogens (primary N) is 6. The van der Waals surface area contributed by atoms with Crippen molar-refractivity contribution in [1.82, 2.24) is 0 Å². The lowest BCUT2D eigenvalue weighted by Crippen LogP contribution is -3.00. The molecule has 0 aromatic heterocycles. The number of hydrogen-bond donors (Lipinski definition) is 6. The van der Waals surface area contributed by atoms with Crippen molar-refractivity contribution in [3.63, 3.8) is 0 Å². The van der Waals surface area contributed by atoms with Gasteiger partial charge in [-0.3, -0.25) is 10.8 Å². The van der Waals surface area contributed by atoms with Gasteiger partial charge in [-0.1, -0.05) is 115 Å². The molecule has 9 aromatic carbocycles. The van der Waals surface area contributed by atoms with Gasteiger partial charge in [0.1, 0.15) is 14.1 Å². The molecule has 0 fully saturated rings. The SMILES string of the molecule is CC1=CC(=C(c2ccc(N)c(C)c2)c2ccc(N)c(C)c2)C=CC1=[NH2+].CC1=CC(=C(c2ccc(N)cc2)c2ccc(N)cc2)C=CC1=[NH2+].CC=c1ccc(=C(c2ccc(N(C)C)cc2)c2ccc(N(C)C)cc2)cc1.CN(C)c1ccc(C(=C2C=CC(=[N+](C)C)C=C2)c2ccc(N(C)C)cc2)cc1.[Cl-].[Cl-].[Cl-].[Cl-]. The highest BCUT2D eigenvalue weighted by Gasteiger charge is 2.19. The van der Waals surface area contributed by atoms with E-state index in [1.165, 1.54) is 77.9 Å². The van der Waals surface area contributed by atoms with E-state index in [-0.39, 0.29) is 49.6 Å². The highest BCUT2D eigenvalue weighted by Crippen LogP contribution is 2.36. The first-order chi connectivity index (χ1) is 49.3. The third-order valence-electron chi connectivity index (χ3n) is 18.5. The number of rotatable bonds is 12. The summed E-state index contributed by atoms with van der Waals surface area (Å²) < 4.78 is 2.13. The molecule has 15 heteroatoms. The zero-order valence-electron chi connectivity index (χ0n) is 64.2. The summed E-state index contributed by atoms with van der Waals surface area (Å²) in [5, 5.41) is 14.4. The van der Waals surface area contributed by atoms with E-state index in [1.54, 1.807) is 0 Å². The van der Waals surface area contributed by atoms with Crippen molar-refractivity contribution in [3.8, 4) is 0 Å². The second-order valence-corrected chi connectivity index (χ2v) is 27.1. The van der Waals surface area contributed by atoms with Gasteiger partial charge in [-0.25, -0.2) is 4.58 Å². The molecule has 12 N–H and O–H groups in total. The molecule has 107 heavy (non-hydrogen) atoms. The standard InChI is InChI=1S/C25H30N3.C25H28N2.C22H23N3.C20H19N3.4ClH/c1-26(2)22-13-7-19(8-14-22)25(20-9-15-23(16-10-20)27(3)4)21-11-17-24(18-12-21)28(5)6;1-6-19-7-9-20(10-8-19)25(21-11-15-23(16-12-21)26(2)3)22-13-17-24(18-14-22)27(4)5;1-13-10-16(4-7-19(13)23)22(17-5-8-20(24)14(2)11-17)18-6-9-21(25)15(3)12-18;1-13-12-16(6-11-19(13)23)20(14-2-7-17(21)8-3-14)15-4-9-18(22)10-5-15;;;;/h7-18H,1-6H3;6-18H,1-5H3;4-12,23H,24-25H2,1-3H3;2-12,23H,21-22H2,1H3;4*1H/q+1;;;;;;;/p-2. The van der Waals surface area contributed by atoms with E-state index in [9.17, 15) is 0 Å². The Kier molecular flexibility index (Phi) is 32.3. The average molecular weight is 1500 g/mol. The van der Waals surface area contributed by atoms with E-state index < -0.39 is 0 Å². The van der Waals surface area contributed by atoms with Gasteiger partial charge in [0.15, 0.2) is 17.1 Å². The molecule has 11 nitrogen and oxygen atoms in total. The summed E-state index contributed by atoms with van der Waals surface area (Å²) >= 11 is 0. The summed E-state index contributed by atoms with van der Waals surface area (Å²) in [7, 11) is 20.7. The largest absolute Gasteiger partial charge is 1.00 e. The van der Waals surface area contributed by atoms with Crippen molar-refractivity contribution in [3.05, 3.63) is 361 Å². The molecule has 0 saturated heterocycles. The van der Waals surface area contributed by atoms with Gasteiger partial charge in [-0.05, 0) is 273 Å². The first kappa shape index (κ1) is 86.6. The van der Waals surface area contributed by atoms with Crippen molar-refractivity contribution < 1.29 is 65.0 Å². The van der Waals surface area contributed by atoms with Crippen LogP contribution in [0.3, 0.4) is 0 Å². The summed E-state index contributed by atoms with van der Waals surface area (Å²) in [6.45, 7) is 10.2. The van der Waals surface area contributed by atoms with Gasteiger partial charge in [-0.15, -0.1) is 0 Å². The number of nitrogen functional groups attached to an aromatic ring is 4. The molecule has 0 bridgehead atoms. The van der Waals surface area contributed by atoms with Crippen molar-refractivity contribution >= 4 is 91.0 Å². The maximum atomic E-state index is 6.01. The van der Waals surface area contributed by atoms with Crippen molar-refractivity contribution in [2.75, 3.05) is 113 Å². The maximum absolute atomic E-state index is 6.01. The Balaban J connectivity index is 0.000000253. The molecule has 0 unspecified atom stereocenters. The van der Waals surface area contributed by atoms with Gasteiger partial charge in [-0.2, -0.15) is 0 Å². The molecule has 0 amide bonds. The summed E-state index contributed by atoms with van der Waals surface area (Å²) in [5.41, 5.74) is 56.2. The monoisotopic (exact) mass is 1500 g/mol. The van der Waals surface area contributed by atoms with Gasteiger partial charge in [0, 0.05) is 137 Å². The Morgan fingerprint density at radius 2 is 0.598 bits per heavy atom. The van der Waals surface area contributed by atoms with Gasteiger partial charge in [0.25, 0.3) is 0 Å². The van der Waals surface area contributed by atoms with Crippen molar-refractivity contribution in [1.29, 1.82) is 0 Å². The number of benzene rings is 9. The second-order valence-electron chi connectivity index (χ2n) is 27.1. The number of nitrogens with zero attached hydrogens (tertiary/aromatic N) is 5. The predicted molar refractivity (Wildman–Crippen MR) is 447 cm³/mol. The summed E-state index contributed by atoms with van der Waals surface area (Å²) in [5.74, 6) is 0. The van der Waals surface area contributed by atoms with Crippen LogP contribution < -0.4 is 113 Å². The Morgan fingerprint density at radius 1 is 0.327 bits per heavy atom. The smallest absolute Gasteiger partial charge is 0.199 e. The number of anilines is 8. The highest BCUT2D eigenvalue weighted by atomic mass is 35.5. The van der Waals surface area contributed by atoms with Crippen LogP contribution in [0.15, 0.2) is 295 Å². The molecular formula is C92H102Cl4N11-. The van der Waals surface area contributed by atoms with Crippen molar-refractivity contribution in [2.45, 2.75) is 34.6 Å². The van der Waals surface area contributed by atoms with Crippen LogP contribution in [0, 0.1) is 13.8 Å². The summed E-state index contributed by atoms with van der Waals surface area (Å²) in [6, 6.07) is 72.0. The Labute approximate surface area is 660 Å². The minimum atomic E-state index is 0. The van der Waals surface area contributed by atoms with Crippen LogP contribution in [-0.2, 0) is 0 Å².